The van der Waals surface area contributed by atoms with Gasteiger partial charge in [0.1, 0.15) is 5.51 Å². The van der Waals surface area contributed by atoms with Crippen molar-refractivity contribution < 1.29 is 9.53 Å². The zero-order valence-electron chi connectivity index (χ0n) is 14.6. The molecular formula is C20H19N3O2S2. The third kappa shape index (κ3) is 4.05. The highest BCUT2D eigenvalue weighted by molar-refractivity contribution is 8.01. The van der Waals surface area contributed by atoms with Gasteiger partial charge >= 0.3 is 0 Å². The fraction of sp³-hybridized carbons (Fsp3) is 0.250. The SMILES string of the molecule is O=C(Nc1ccc(Sc2nncs2)cc1)C1(c2ccccc2)CCOCC1. The van der Waals surface area contributed by atoms with Gasteiger partial charge in [0, 0.05) is 23.8 Å². The number of benzene rings is 2. The molecule has 1 N–H and O–H groups in total. The summed E-state index contributed by atoms with van der Waals surface area (Å²) in [6, 6.07) is 17.8. The summed E-state index contributed by atoms with van der Waals surface area (Å²) in [5, 5.41) is 11.0. The molecule has 5 nitrogen and oxygen atoms in total. The first kappa shape index (κ1) is 18.2. The summed E-state index contributed by atoms with van der Waals surface area (Å²) >= 11 is 3.07. The molecule has 0 bridgehead atoms. The third-order valence-electron chi connectivity index (χ3n) is 4.76. The smallest absolute Gasteiger partial charge is 0.235 e. The second kappa shape index (κ2) is 8.21. The summed E-state index contributed by atoms with van der Waals surface area (Å²) in [6.07, 6.45) is 1.38. The number of nitrogens with one attached hydrogen (secondary N) is 1. The molecule has 4 rings (SSSR count). The maximum Gasteiger partial charge on any atom is 0.235 e. The van der Waals surface area contributed by atoms with Crippen molar-refractivity contribution in [2.45, 2.75) is 27.5 Å². The zero-order valence-corrected chi connectivity index (χ0v) is 16.3. The molecule has 1 amide bonds. The maximum absolute atomic E-state index is 13.2. The van der Waals surface area contributed by atoms with Crippen LogP contribution in [-0.4, -0.2) is 29.3 Å². The molecule has 2 heterocycles. The molecule has 1 fully saturated rings. The number of ether oxygens (including phenoxy) is 1. The monoisotopic (exact) mass is 397 g/mol. The van der Waals surface area contributed by atoms with Crippen molar-refractivity contribution in [2.24, 2.45) is 0 Å². The number of hydrogen-bond acceptors (Lipinski definition) is 6. The molecule has 1 saturated heterocycles. The Bertz CT molecular complexity index is 877. The van der Waals surface area contributed by atoms with Crippen molar-refractivity contribution in [2.75, 3.05) is 18.5 Å². The Morgan fingerprint density at radius 2 is 1.81 bits per heavy atom. The van der Waals surface area contributed by atoms with Crippen LogP contribution in [0.2, 0.25) is 0 Å². The van der Waals surface area contributed by atoms with Crippen molar-refractivity contribution in [3.05, 3.63) is 65.7 Å². The molecule has 7 heteroatoms. The van der Waals surface area contributed by atoms with E-state index in [9.17, 15) is 4.79 Å². The van der Waals surface area contributed by atoms with Crippen LogP contribution in [-0.2, 0) is 14.9 Å². The van der Waals surface area contributed by atoms with Crippen LogP contribution < -0.4 is 5.32 Å². The molecule has 2 aromatic carbocycles. The lowest BCUT2D eigenvalue weighted by Crippen LogP contribution is -2.44. The van der Waals surface area contributed by atoms with Crippen molar-refractivity contribution >= 4 is 34.7 Å². The van der Waals surface area contributed by atoms with E-state index in [4.69, 9.17) is 4.74 Å². The molecule has 1 aliphatic heterocycles. The van der Waals surface area contributed by atoms with Gasteiger partial charge in [-0.3, -0.25) is 4.79 Å². The maximum atomic E-state index is 13.2. The van der Waals surface area contributed by atoms with Crippen molar-refractivity contribution in [1.82, 2.24) is 10.2 Å². The number of nitrogens with zero attached hydrogens (tertiary/aromatic N) is 2. The number of rotatable bonds is 5. The molecule has 0 radical (unpaired) electrons. The number of hydrogen-bond donors (Lipinski definition) is 1. The molecule has 0 atom stereocenters. The van der Waals surface area contributed by atoms with Crippen LogP contribution in [0.25, 0.3) is 0 Å². The number of carbonyl (C=O) groups is 1. The van der Waals surface area contributed by atoms with E-state index in [1.807, 2.05) is 54.6 Å². The minimum Gasteiger partial charge on any atom is -0.381 e. The van der Waals surface area contributed by atoms with Gasteiger partial charge in [-0.2, -0.15) is 0 Å². The van der Waals surface area contributed by atoms with E-state index < -0.39 is 5.41 Å². The number of amides is 1. The van der Waals surface area contributed by atoms with Gasteiger partial charge in [0.15, 0.2) is 4.34 Å². The largest absolute Gasteiger partial charge is 0.381 e. The van der Waals surface area contributed by atoms with Gasteiger partial charge in [-0.15, -0.1) is 10.2 Å². The second-order valence-electron chi connectivity index (χ2n) is 6.35. The molecule has 0 aliphatic carbocycles. The number of aromatic nitrogens is 2. The van der Waals surface area contributed by atoms with E-state index in [0.717, 1.165) is 20.5 Å². The minimum absolute atomic E-state index is 0.0292. The Balaban J connectivity index is 1.51. The summed E-state index contributed by atoms with van der Waals surface area (Å²) in [6.45, 7) is 1.19. The van der Waals surface area contributed by atoms with Crippen LogP contribution >= 0.6 is 23.1 Å². The van der Waals surface area contributed by atoms with Crippen molar-refractivity contribution in [3.63, 3.8) is 0 Å². The van der Waals surface area contributed by atoms with Gasteiger partial charge in [-0.1, -0.05) is 53.4 Å². The standard InChI is InChI=1S/C20H19N3O2S2/c24-18(20(10-12-25-13-11-20)15-4-2-1-3-5-15)22-16-6-8-17(9-7-16)27-19-23-21-14-26-19/h1-9,14H,10-13H2,(H,22,24). The first-order chi connectivity index (χ1) is 13.3. The summed E-state index contributed by atoms with van der Waals surface area (Å²) in [5.74, 6) is 0.0292. The molecular weight excluding hydrogens is 378 g/mol. The highest BCUT2D eigenvalue weighted by Gasteiger charge is 2.41. The fourth-order valence-corrected chi connectivity index (χ4v) is 4.74. The normalized spacial score (nSPS) is 16.0. The van der Waals surface area contributed by atoms with Gasteiger partial charge in [0.25, 0.3) is 0 Å². The Morgan fingerprint density at radius 3 is 2.48 bits per heavy atom. The predicted octanol–water partition coefficient (Wildman–Crippen LogP) is 4.38. The Morgan fingerprint density at radius 1 is 1.07 bits per heavy atom. The Kier molecular flexibility index (Phi) is 5.52. The van der Waals surface area contributed by atoms with Crippen LogP contribution in [0, 0.1) is 0 Å². The van der Waals surface area contributed by atoms with E-state index in [1.165, 1.54) is 11.3 Å². The minimum atomic E-state index is -0.542. The summed E-state index contributed by atoms with van der Waals surface area (Å²) in [4.78, 5) is 14.3. The third-order valence-corrected chi connectivity index (χ3v) is 6.55. The zero-order chi connectivity index (χ0) is 18.5. The van der Waals surface area contributed by atoms with Crippen LogP contribution in [0.3, 0.4) is 0 Å². The summed E-state index contributed by atoms with van der Waals surface area (Å²) in [5.41, 5.74) is 3.02. The van der Waals surface area contributed by atoms with Crippen LogP contribution in [0.5, 0.6) is 0 Å². The van der Waals surface area contributed by atoms with Crippen molar-refractivity contribution in [3.8, 4) is 0 Å². The highest BCUT2D eigenvalue weighted by Crippen LogP contribution is 2.36. The van der Waals surface area contributed by atoms with E-state index in [2.05, 4.69) is 15.5 Å². The first-order valence-electron chi connectivity index (χ1n) is 8.75. The average Bonchev–Trinajstić information content (AvgIpc) is 3.24. The Hall–Kier alpha value is -2.22. The van der Waals surface area contributed by atoms with Crippen LogP contribution in [0.15, 0.2) is 69.3 Å². The predicted molar refractivity (Wildman–Crippen MR) is 107 cm³/mol. The molecule has 27 heavy (non-hydrogen) atoms. The lowest BCUT2D eigenvalue weighted by molar-refractivity contribution is -0.125. The lowest BCUT2D eigenvalue weighted by atomic mass is 9.73. The molecule has 0 unspecified atom stereocenters. The molecule has 3 aromatic rings. The molecule has 0 saturated carbocycles. The molecule has 1 aliphatic rings. The van der Waals surface area contributed by atoms with E-state index in [0.29, 0.717) is 26.1 Å². The van der Waals surface area contributed by atoms with Gasteiger partial charge in [-0.05, 0) is 42.7 Å². The number of anilines is 1. The molecule has 1 aromatic heterocycles. The highest BCUT2D eigenvalue weighted by atomic mass is 32.2. The lowest BCUT2D eigenvalue weighted by Gasteiger charge is -2.36. The topological polar surface area (TPSA) is 64.1 Å². The first-order valence-corrected chi connectivity index (χ1v) is 10.4. The van der Waals surface area contributed by atoms with Gasteiger partial charge in [-0.25, -0.2) is 0 Å². The van der Waals surface area contributed by atoms with Gasteiger partial charge < -0.3 is 10.1 Å². The van der Waals surface area contributed by atoms with Gasteiger partial charge in [0.2, 0.25) is 5.91 Å². The van der Waals surface area contributed by atoms with Crippen LogP contribution in [0.4, 0.5) is 5.69 Å². The fourth-order valence-electron chi connectivity index (χ4n) is 3.29. The van der Waals surface area contributed by atoms with Crippen molar-refractivity contribution in [1.29, 1.82) is 0 Å². The van der Waals surface area contributed by atoms with E-state index in [1.54, 1.807) is 17.3 Å². The number of carbonyl (C=O) groups excluding carboxylic acids is 1. The summed E-state index contributed by atoms with van der Waals surface area (Å²) < 4.78 is 6.42. The second-order valence-corrected chi connectivity index (χ2v) is 8.50. The molecule has 0 spiro atoms. The Labute approximate surface area is 166 Å². The average molecular weight is 398 g/mol. The van der Waals surface area contributed by atoms with E-state index >= 15 is 0 Å². The summed E-state index contributed by atoms with van der Waals surface area (Å²) in [7, 11) is 0. The quantitative estimate of drug-likeness (QED) is 0.692. The van der Waals surface area contributed by atoms with E-state index in [-0.39, 0.29) is 5.91 Å². The van der Waals surface area contributed by atoms with Crippen LogP contribution in [0.1, 0.15) is 18.4 Å². The van der Waals surface area contributed by atoms with Gasteiger partial charge in [0.05, 0.1) is 5.41 Å². The molecule has 138 valence electrons.